The average molecular weight is 128 g/mol. The second-order valence-electron chi connectivity index (χ2n) is 3.02. The highest BCUT2D eigenvalue weighted by molar-refractivity contribution is 4.83. The van der Waals surface area contributed by atoms with Gasteiger partial charge >= 0.3 is 0 Å². The molecule has 0 heterocycles. The molecule has 0 aromatic rings. The number of rotatable bonds is 2. The molecule has 2 nitrogen and oxygen atoms in total. The van der Waals surface area contributed by atoms with E-state index < -0.39 is 0 Å². The Morgan fingerprint density at radius 1 is 1.11 bits per heavy atom. The number of nitrogens with one attached hydrogen (secondary N) is 2. The van der Waals surface area contributed by atoms with Gasteiger partial charge in [-0.15, -0.1) is 0 Å². The lowest BCUT2D eigenvalue weighted by atomic mass is 10.1. The molecule has 0 aromatic heterocycles. The van der Waals surface area contributed by atoms with E-state index in [4.69, 9.17) is 0 Å². The molecule has 0 aliphatic heterocycles. The summed E-state index contributed by atoms with van der Waals surface area (Å²) in [6.07, 6.45) is 3.77. The molecule has 0 saturated carbocycles. The van der Waals surface area contributed by atoms with E-state index in [9.17, 15) is 0 Å². The molecule has 0 fully saturated rings. The molecule has 2 heteroatoms. The topological polar surface area (TPSA) is 24.1 Å². The lowest BCUT2D eigenvalue weighted by Gasteiger charge is -2.18. The summed E-state index contributed by atoms with van der Waals surface area (Å²) in [6.45, 7) is 6.35. The predicted octanol–water partition coefficient (Wildman–Crippen LogP) is 1.07. The highest BCUT2D eigenvalue weighted by Gasteiger charge is 2.03. The van der Waals surface area contributed by atoms with Gasteiger partial charge < -0.3 is 10.6 Å². The van der Waals surface area contributed by atoms with Crippen LogP contribution in [0.15, 0.2) is 12.4 Å². The molecule has 0 rings (SSSR count). The highest BCUT2D eigenvalue weighted by Crippen LogP contribution is 1.96. The van der Waals surface area contributed by atoms with Gasteiger partial charge in [0, 0.05) is 25.0 Å². The minimum Gasteiger partial charge on any atom is -0.393 e. The van der Waals surface area contributed by atoms with Crippen LogP contribution in [0.4, 0.5) is 0 Å². The van der Waals surface area contributed by atoms with Crippen LogP contribution in [0.3, 0.4) is 0 Å². The van der Waals surface area contributed by atoms with Crippen LogP contribution in [0, 0.1) is 0 Å². The van der Waals surface area contributed by atoms with Crippen LogP contribution in [0.25, 0.3) is 0 Å². The van der Waals surface area contributed by atoms with Gasteiger partial charge in [-0.2, -0.15) is 0 Å². The van der Waals surface area contributed by atoms with Crippen molar-refractivity contribution in [3.05, 3.63) is 12.4 Å². The van der Waals surface area contributed by atoms with Crippen LogP contribution >= 0.6 is 0 Å². The van der Waals surface area contributed by atoms with Crippen LogP contribution in [0.5, 0.6) is 0 Å². The first-order valence-electron chi connectivity index (χ1n) is 3.16. The molecule has 0 aromatic carbocycles. The fourth-order valence-corrected chi connectivity index (χ4v) is 0.375. The van der Waals surface area contributed by atoms with Crippen LogP contribution in [-0.4, -0.2) is 12.6 Å². The van der Waals surface area contributed by atoms with Crippen molar-refractivity contribution in [2.24, 2.45) is 0 Å². The third-order valence-electron chi connectivity index (χ3n) is 0.766. The fraction of sp³-hybridized carbons (Fsp3) is 0.714. The summed E-state index contributed by atoms with van der Waals surface area (Å²) in [7, 11) is 1.88. The molecule has 0 amide bonds. The number of hydrogen-bond acceptors (Lipinski definition) is 2. The van der Waals surface area contributed by atoms with Crippen LogP contribution < -0.4 is 10.6 Å². The summed E-state index contributed by atoms with van der Waals surface area (Å²) in [5, 5.41) is 6.08. The van der Waals surface area contributed by atoms with Gasteiger partial charge in [-0.3, -0.25) is 0 Å². The van der Waals surface area contributed by atoms with Crippen molar-refractivity contribution in [1.82, 2.24) is 10.6 Å². The van der Waals surface area contributed by atoms with Gasteiger partial charge in [-0.25, -0.2) is 0 Å². The van der Waals surface area contributed by atoms with E-state index in [0.29, 0.717) is 0 Å². The zero-order valence-electron chi connectivity index (χ0n) is 6.65. The summed E-state index contributed by atoms with van der Waals surface area (Å²) >= 11 is 0. The first kappa shape index (κ1) is 8.34. The van der Waals surface area contributed by atoms with E-state index >= 15 is 0 Å². The first-order valence-corrected chi connectivity index (χ1v) is 3.16. The Bertz CT molecular complexity index is 89.6. The average Bonchev–Trinajstić information content (AvgIpc) is 1.63. The molecule has 0 atom stereocenters. The normalized spacial score (nSPS) is 12.0. The summed E-state index contributed by atoms with van der Waals surface area (Å²) in [6, 6.07) is 0. The third kappa shape index (κ3) is 7.34. The van der Waals surface area contributed by atoms with Gasteiger partial charge in [-0.05, 0) is 20.8 Å². The Labute approximate surface area is 57.3 Å². The van der Waals surface area contributed by atoms with Gasteiger partial charge in [-0.1, -0.05) is 0 Å². The van der Waals surface area contributed by atoms with Crippen molar-refractivity contribution in [2.75, 3.05) is 7.05 Å². The molecule has 54 valence electrons. The lowest BCUT2D eigenvalue weighted by molar-refractivity contribution is 0.490. The second kappa shape index (κ2) is 3.38. The molecule has 0 saturated heterocycles. The smallest absolute Gasteiger partial charge is 0.0284 e. The Hall–Kier alpha value is -0.660. The second-order valence-corrected chi connectivity index (χ2v) is 3.02. The van der Waals surface area contributed by atoms with E-state index in [-0.39, 0.29) is 5.54 Å². The largest absolute Gasteiger partial charge is 0.393 e. The zero-order chi connectivity index (χ0) is 7.33. The maximum absolute atomic E-state index is 3.18. The van der Waals surface area contributed by atoms with Crippen molar-refractivity contribution in [1.29, 1.82) is 0 Å². The van der Waals surface area contributed by atoms with E-state index in [0.717, 1.165) is 0 Å². The summed E-state index contributed by atoms with van der Waals surface area (Å²) in [5.41, 5.74) is 0.174. The van der Waals surface area contributed by atoms with Crippen LogP contribution in [0.2, 0.25) is 0 Å². The van der Waals surface area contributed by atoms with Crippen LogP contribution in [0.1, 0.15) is 20.8 Å². The Kier molecular flexibility index (Phi) is 3.13. The van der Waals surface area contributed by atoms with E-state index in [2.05, 4.69) is 31.4 Å². The molecule has 0 radical (unpaired) electrons. The highest BCUT2D eigenvalue weighted by atomic mass is 14.9. The molecule has 9 heavy (non-hydrogen) atoms. The van der Waals surface area contributed by atoms with Crippen molar-refractivity contribution in [2.45, 2.75) is 26.3 Å². The fourth-order valence-electron chi connectivity index (χ4n) is 0.375. The molecular weight excluding hydrogens is 112 g/mol. The molecular formula is C7H16N2. The van der Waals surface area contributed by atoms with Crippen LogP contribution in [-0.2, 0) is 0 Å². The van der Waals surface area contributed by atoms with Gasteiger partial charge in [0.1, 0.15) is 0 Å². The SMILES string of the molecule is CN/C=C\NC(C)(C)C. The lowest BCUT2D eigenvalue weighted by Crippen LogP contribution is -2.31. The minimum atomic E-state index is 0.174. The van der Waals surface area contributed by atoms with Gasteiger partial charge in [0.05, 0.1) is 0 Å². The zero-order valence-corrected chi connectivity index (χ0v) is 6.65. The maximum atomic E-state index is 3.18. The van der Waals surface area contributed by atoms with E-state index in [1.54, 1.807) is 0 Å². The van der Waals surface area contributed by atoms with Gasteiger partial charge in [0.15, 0.2) is 0 Å². The third-order valence-corrected chi connectivity index (χ3v) is 0.766. The van der Waals surface area contributed by atoms with Crippen molar-refractivity contribution >= 4 is 0 Å². The standard InChI is InChI=1S/C7H16N2/c1-7(2,3)9-6-5-8-4/h5-6,8-9H,1-4H3/b6-5-. The van der Waals surface area contributed by atoms with Gasteiger partial charge in [0.25, 0.3) is 0 Å². The molecule has 0 unspecified atom stereocenters. The maximum Gasteiger partial charge on any atom is 0.0284 e. The van der Waals surface area contributed by atoms with Crippen molar-refractivity contribution in [3.8, 4) is 0 Å². The summed E-state index contributed by atoms with van der Waals surface area (Å²) in [5.74, 6) is 0. The predicted molar refractivity (Wildman–Crippen MR) is 41.1 cm³/mol. The number of hydrogen-bond donors (Lipinski definition) is 2. The summed E-state index contributed by atoms with van der Waals surface area (Å²) < 4.78 is 0. The van der Waals surface area contributed by atoms with Crippen molar-refractivity contribution < 1.29 is 0 Å². The summed E-state index contributed by atoms with van der Waals surface area (Å²) in [4.78, 5) is 0. The Balaban J connectivity index is 3.38. The van der Waals surface area contributed by atoms with E-state index in [1.165, 1.54) is 0 Å². The first-order chi connectivity index (χ1) is 4.06. The monoisotopic (exact) mass is 128 g/mol. The Morgan fingerprint density at radius 2 is 1.67 bits per heavy atom. The Morgan fingerprint density at radius 3 is 2.00 bits per heavy atom. The van der Waals surface area contributed by atoms with Crippen molar-refractivity contribution in [3.63, 3.8) is 0 Å². The molecule has 0 aliphatic carbocycles. The molecule has 2 N–H and O–H groups in total. The quantitative estimate of drug-likeness (QED) is 0.581. The molecule has 0 bridgehead atoms. The minimum absolute atomic E-state index is 0.174. The van der Waals surface area contributed by atoms with Gasteiger partial charge in [0.2, 0.25) is 0 Å². The molecule has 0 aliphatic rings. The molecule has 0 spiro atoms. The van der Waals surface area contributed by atoms with E-state index in [1.807, 2.05) is 19.4 Å².